The number of para-hydroxylation sites is 1. The van der Waals surface area contributed by atoms with E-state index in [0.717, 1.165) is 29.4 Å². The Morgan fingerprint density at radius 3 is 1.99 bits per heavy atom. The normalized spacial score (nSPS) is 19.3. The minimum Gasteiger partial charge on any atom is -0.480 e. The van der Waals surface area contributed by atoms with E-state index in [4.69, 9.17) is 27.7 Å². The number of aliphatic imine (C=N–C) groups is 2. The van der Waals surface area contributed by atoms with Crippen molar-refractivity contribution in [2.75, 3.05) is 32.8 Å². The Labute approximate surface area is 463 Å². The second kappa shape index (κ2) is 33.9. The molecule has 80 heavy (non-hydrogen) atoms. The van der Waals surface area contributed by atoms with Crippen LogP contribution in [0.5, 0.6) is 0 Å². The van der Waals surface area contributed by atoms with Crippen molar-refractivity contribution < 1.29 is 53.0 Å². The molecular weight excluding hydrogens is 1030 g/mol. The maximum Gasteiger partial charge on any atom is 0.326 e. The summed E-state index contributed by atoms with van der Waals surface area (Å²) in [5.74, 6) is -7.57. The number of nitrogens with one attached hydrogen (secondary N) is 9. The molecule has 3 aromatic carbocycles. The molecule has 0 bridgehead atoms. The lowest BCUT2D eigenvalue weighted by molar-refractivity contribution is -0.142. The number of aromatic nitrogens is 1. The van der Waals surface area contributed by atoms with Crippen LogP contribution in [0.1, 0.15) is 75.5 Å². The van der Waals surface area contributed by atoms with Crippen molar-refractivity contribution in [3.63, 3.8) is 0 Å². The number of H-pyrrole nitrogens is 1. The predicted molar refractivity (Wildman–Crippen MR) is 299 cm³/mol. The second-order valence-electron chi connectivity index (χ2n) is 18.7. The first-order valence-electron chi connectivity index (χ1n) is 26.2. The molecule has 5 rings (SSSR count). The van der Waals surface area contributed by atoms with Crippen molar-refractivity contribution in [3.05, 3.63) is 108 Å². The van der Waals surface area contributed by atoms with Gasteiger partial charge in [0, 0.05) is 62.9 Å². The van der Waals surface area contributed by atoms with Gasteiger partial charge < -0.3 is 80.3 Å². The zero-order valence-electron chi connectivity index (χ0n) is 45.0. The molecular formula is C54H75N15O11. The van der Waals surface area contributed by atoms with Crippen molar-refractivity contribution >= 4 is 76.0 Å². The molecule has 8 amide bonds. The molecule has 1 aromatic heterocycles. The van der Waals surface area contributed by atoms with E-state index in [-0.39, 0.29) is 83.0 Å². The number of nitrogens with two attached hydrogens (primary N) is 4. The standard InChI is InChI=1S/C50H64N12O11.C4H11N3/c1-30(63)57-36(18-10-23-54-50(51)52)45(67)59-37-20-21-42(64)53-22-11-19-38(49(71)72)60-47(69)40(25-33-26-55-35-17-9-8-16-34(33)35)58-43(65)27-56-44(66)39(24-31-12-4-2-5-13-31)61-48(70)41(62-46(37)68)29-73-28-32-14-6-3-7-15-32;1-2-3-7-4(5)6/h2-9,12-17,26,36-41,55H,10-11,18-25,27-29H2,1H3,(H,53,64)(H,56,66)(H,57,63)(H,58,65)(H,59,67)(H,60,69)(H,61,70)(H,62,68)(H,71,72)(H4,51,52,54);2-3H2,1H3,(H4,5,6,7)/t36-,37?,38?,39?,40-,41-;/m0./s1. The number of guanidine groups is 2. The summed E-state index contributed by atoms with van der Waals surface area (Å²) < 4.78 is 5.93. The molecule has 6 atom stereocenters. The highest BCUT2D eigenvalue weighted by molar-refractivity contribution is 5.97. The number of carbonyl (C=O) groups excluding carboxylic acids is 8. The highest BCUT2D eigenvalue weighted by Gasteiger charge is 2.33. The van der Waals surface area contributed by atoms with Gasteiger partial charge in [-0.2, -0.15) is 0 Å². The summed E-state index contributed by atoms with van der Waals surface area (Å²) in [4.78, 5) is 133. The number of carboxylic acid groups (broad SMARTS) is 1. The van der Waals surface area contributed by atoms with Gasteiger partial charge in [-0.25, -0.2) is 4.79 Å². The topological polar surface area (TPSA) is 424 Å². The van der Waals surface area contributed by atoms with Crippen molar-refractivity contribution in [2.24, 2.45) is 32.9 Å². The number of hydrogen-bond donors (Lipinski definition) is 14. The number of aliphatic carboxylic acids is 1. The second-order valence-corrected chi connectivity index (χ2v) is 18.7. The summed E-state index contributed by atoms with van der Waals surface area (Å²) in [7, 11) is 0. The van der Waals surface area contributed by atoms with Gasteiger partial charge in [0.15, 0.2) is 11.9 Å². The van der Waals surface area contributed by atoms with E-state index in [2.05, 4.69) is 57.5 Å². The molecule has 0 radical (unpaired) electrons. The van der Waals surface area contributed by atoms with Crippen LogP contribution in [0.25, 0.3) is 10.9 Å². The van der Waals surface area contributed by atoms with E-state index in [1.165, 1.54) is 6.92 Å². The molecule has 3 unspecified atom stereocenters. The number of amides is 8. The quantitative estimate of drug-likeness (QED) is 0.0313. The highest BCUT2D eigenvalue weighted by atomic mass is 16.5. The zero-order chi connectivity index (χ0) is 58.4. The number of carbonyl (C=O) groups is 9. The van der Waals surface area contributed by atoms with E-state index in [1.54, 1.807) is 66.9 Å². The monoisotopic (exact) mass is 1110 g/mol. The summed E-state index contributed by atoms with van der Waals surface area (Å²) in [6, 6.07) is 16.5. The number of rotatable bonds is 18. The van der Waals surface area contributed by atoms with Crippen LogP contribution in [0.4, 0.5) is 0 Å². The average Bonchev–Trinajstić information content (AvgIpc) is 3.84. The third-order valence-electron chi connectivity index (χ3n) is 12.2. The van der Waals surface area contributed by atoms with Crippen molar-refractivity contribution in [2.45, 2.75) is 114 Å². The van der Waals surface area contributed by atoms with Gasteiger partial charge in [-0.3, -0.25) is 48.3 Å². The van der Waals surface area contributed by atoms with Gasteiger partial charge in [-0.05, 0) is 61.3 Å². The first-order chi connectivity index (χ1) is 38.3. The molecule has 1 aliphatic heterocycles. The van der Waals surface area contributed by atoms with Crippen LogP contribution in [-0.4, -0.2) is 144 Å². The zero-order valence-corrected chi connectivity index (χ0v) is 45.0. The van der Waals surface area contributed by atoms with Crippen LogP contribution >= 0.6 is 0 Å². The van der Waals surface area contributed by atoms with Gasteiger partial charge in [-0.1, -0.05) is 85.8 Å². The number of hydrogen-bond acceptors (Lipinski definition) is 12. The fraction of sp³-hybridized carbons (Fsp3) is 0.426. The lowest BCUT2D eigenvalue weighted by Crippen LogP contribution is -2.60. The number of benzene rings is 3. The summed E-state index contributed by atoms with van der Waals surface area (Å²) >= 11 is 0. The Balaban J connectivity index is 0.00000184. The minimum atomic E-state index is -1.52. The summed E-state index contributed by atoms with van der Waals surface area (Å²) in [6.07, 6.45) is 2.05. The van der Waals surface area contributed by atoms with Crippen molar-refractivity contribution in [1.82, 2.24) is 47.5 Å². The fourth-order valence-corrected chi connectivity index (χ4v) is 8.15. The molecule has 26 heteroatoms. The first-order valence-corrected chi connectivity index (χ1v) is 26.2. The number of fused-ring (bicyclic) bond motifs is 1. The third kappa shape index (κ3) is 23.3. The number of aromatic amines is 1. The van der Waals surface area contributed by atoms with E-state index in [0.29, 0.717) is 11.1 Å². The summed E-state index contributed by atoms with van der Waals surface area (Å²) in [6.45, 7) is 2.93. The van der Waals surface area contributed by atoms with Gasteiger partial charge in [0.1, 0.15) is 36.3 Å². The average molecular weight is 1110 g/mol. The molecule has 0 aliphatic carbocycles. The van der Waals surface area contributed by atoms with Crippen molar-refractivity contribution in [3.8, 4) is 0 Å². The maximum atomic E-state index is 14.4. The molecule has 0 spiro atoms. The van der Waals surface area contributed by atoms with Crippen LogP contribution in [0, 0.1) is 0 Å². The van der Waals surface area contributed by atoms with Crippen LogP contribution in [-0.2, 0) is 67.3 Å². The Morgan fingerprint density at radius 2 is 1.34 bits per heavy atom. The van der Waals surface area contributed by atoms with Crippen LogP contribution in [0.15, 0.2) is 101 Å². The largest absolute Gasteiger partial charge is 0.480 e. The van der Waals surface area contributed by atoms with Gasteiger partial charge >= 0.3 is 5.97 Å². The molecule has 1 fully saturated rings. The Kier molecular flexibility index (Phi) is 26.9. The summed E-state index contributed by atoms with van der Waals surface area (Å²) in [5.41, 5.74) is 23.6. The molecule has 4 aromatic rings. The minimum absolute atomic E-state index is 0.00858. The van der Waals surface area contributed by atoms with E-state index in [9.17, 15) is 48.3 Å². The van der Waals surface area contributed by atoms with E-state index in [1.807, 2.05) is 31.2 Å². The van der Waals surface area contributed by atoms with Crippen LogP contribution < -0.4 is 65.5 Å². The predicted octanol–water partition coefficient (Wildman–Crippen LogP) is -1.29. The molecule has 0 saturated carbocycles. The summed E-state index contributed by atoms with van der Waals surface area (Å²) in [5, 5.41) is 31.7. The van der Waals surface area contributed by atoms with Crippen LogP contribution in [0.3, 0.4) is 0 Å². The number of carboxylic acids is 1. The molecule has 2 heterocycles. The number of ether oxygens (including phenoxy) is 1. The molecule has 432 valence electrons. The third-order valence-corrected chi connectivity index (χ3v) is 12.2. The fourth-order valence-electron chi connectivity index (χ4n) is 8.15. The van der Waals surface area contributed by atoms with Gasteiger partial charge in [0.25, 0.3) is 0 Å². The van der Waals surface area contributed by atoms with Gasteiger partial charge in [0.05, 0.1) is 19.8 Å². The van der Waals surface area contributed by atoms with Crippen molar-refractivity contribution in [1.29, 1.82) is 0 Å². The van der Waals surface area contributed by atoms with E-state index < -0.39 is 103 Å². The Bertz CT molecular complexity index is 2750. The SMILES string of the molecule is CC(=O)N[C@@H](CCCN=C(N)N)C(=O)NC1CCC(=O)NCCCC(C(=O)O)NC(=O)[C@H](Cc2c[nH]c3ccccc23)NC(=O)CNC(=O)C(Cc2ccccc2)NC(=O)[C@H](COCc2ccccc2)NC1=O.CCCN=C(N)N. The van der Waals surface area contributed by atoms with E-state index >= 15 is 0 Å². The Morgan fingerprint density at radius 1 is 0.713 bits per heavy atom. The lowest BCUT2D eigenvalue weighted by Gasteiger charge is -2.26. The molecule has 1 aliphatic rings. The first kappa shape index (κ1) is 63.5. The Hall–Kier alpha value is -9.07. The smallest absolute Gasteiger partial charge is 0.326 e. The number of nitrogens with zero attached hydrogens (tertiary/aromatic N) is 2. The maximum absolute atomic E-state index is 14.4. The highest BCUT2D eigenvalue weighted by Crippen LogP contribution is 2.20. The molecule has 18 N–H and O–H groups in total. The van der Waals surface area contributed by atoms with Gasteiger partial charge in [0.2, 0.25) is 47.3 Å². The van der Waals surface area contributed by atoms with Crippen LogP contribution in [0.2, 0.25) is 0 Å². The molecule has 1 saturated heterocycles. The lowest BCUT2D eigenvalue weighted by atomic mass is 10.0. The van der Waals surface area contributed by atoms with Gasteiger partial charge in [-0.15, -0.1) is 0 Å². The molecule has 26 nitrogen and oxygen atoms in total.